The summed E-state index contributed by atoms with van der Waals surface area (Å²) in [6, 6.07) is 6.27. The number of nitrogens with zero attached hydrogens (tertiary/aromatic N) is 1. The summed E-state index contributed by atoms with van der Waals surface area (Å²) >= 11 is 0. The zero-order valence-electron chi connectivity index (χ0n) is 13.5. The standard InChI is InChI=1S/C17H24N2O4/c1-22-16-3-2-12(15-9-13(10-18-15)17(20)21)8-14(16)11-19-4-6-23-7-5-19/h2-3,8,13,15,18H,4-7,9-11H2,1H3,(H,20,21). The highest BCUT2D eigenvalue weighted by Gasteiger charge is 2.30. The van der Waals surface area contributed by atoms with E-state index in [9.17, 15) is 4.79 Å². The Bertz CT molecular complexity index is 558. The molecule has 0 spiro atoms. The molecule has 0 aliphatic carbocycles. The van der Waals surface area contributed by atoms with E-state index in [0.717, 1.165) is 49.7 Å². The molecule has 2 unspecified atom stereocenters. The Balaban J connectivity index is 1.74. The normalized spacial score (nSPS) is 25.4. The Kier molecular flexibility index (Phi) is 5.15. The molecule has 126 valence electrons. The van der Waals surface area contributed by atoms with Gasteiger partial charge in [-0.25, -0.2) is 0 Å². The van der Waals surface area contributed by atoms with Crippen molar-refractivity contribution in [1.29, 1.82) is 0 Å². The van der Waals surface area contributed by atoms with Crippen molar-refractivity contribution in [2.45, 2.75) is 19.0 Å². The van der Waals surface area contributed by atoms with Gasteiger partial charge >= 0.3 is 5.97 Å². The molecule has 0 aromatic heterocycles. The molecule has 3 rings (SSSR count). The van der Waals surface area contributed by atoms with Crippen molar-refractivity contribution >= 4 is 5.97 Å². The van der Waals surface area contributed by atoms with Gasteiger partial charge < -0.3 is 19.9 Å². The molecule has 2 fully saturated rings. The van der Waals surface area contributed by atoms with Crippen LogP contribution in [0.2, 0.25) is 0 Å². The van der Waals surface area contributed by atoms with Crippen LogP contribution in [-0.4, -0.2) is 55.9 Å². The molecule has 2 heterocycles. The van der Waals surface area contributed by atoms with Crippen LogP contribution >= 0.6 is 0 Å². The Morgan fingerprint density at radius 3 is 2.87 bits per heavy atom. The first-order valence-electron chi connectivity index (χ1n) is 8.10. The molecule has 2 atom stereocenters. The number of ether oxygens (including phenoxy) is 2. The predicted octanol–water partition coefficient (Wildman–Crippen LogP) is 1.26. The highest BCUT2D eigenvalue weighted by molar-refractivity contribution is 5.70. The number of carboxylic acid groups (broad SMARTS) is 1. The van der Waals surface area contributed by atoms with Crippen LogP contribution < -0.4 is 10.1 Å². The molecule has 2 saturated heterocycles. The van der Waals surface area contributed by atoms with Gasteiger partial charge in [-0.05, 0) is 24.1 Å². The molecule has 0 bridgehead atoms. The first-order chi connectivity index (χ1) is 11.2. The summed E-state index contributed by atoms with van der Waals surface area (Å²) < 4.78 is 10.9. The molecule has 1 aromatic carbocycles. The van der Waals surface area contributed by atoms with Gasteiger partial charge in [-0.2, -0.15) is 0 Å². The minimum absolute atomic E-state index is 0.102. The Morgan fingerprint density at radius 2 is 2.22 bits per heavy atom. The summed E-state index contributed by atoms with van der Waals surface area (Å²) in [5.74, 6) is -0.139. The van der Waals surface area contributed by atoms with E-state index in [1.165, 1.54) is 0 Å². The molecule has 0 radical (unpaired) electrons. The van der Waals surface area contributed by atoms with E-state index < -0.39 is 5.97 Å². The molecule has 2 aliphatic heterocycles. The maximum absolute atomic E-state index is 11.1. The lowest BCUT2D eigenvalue weighted by Gasteiger charge is -2.27. The Labute approximate surface area is 136 Å². The second-order valence-electron chi connectivity index (χ2n) is 6.19. The van der Waals surface area contributed by atoms with Crippen LogP contribution in [0, 0.1) is 5.92 Å². The molecule has 2 N–H and O–H groups in total. The lowest BCUT2D eigenvalue weighted by Crippen LogP contribution is -2.35. The fourth-order valence-corrected chi connectivity index (χ4v) is 3.32. The molecule has 1 aromatic rings. The van der Waals surface area contributed by atoms with Crippen molar-refractivity contribution in [3.63, 3.8) is 0 Å². The zero-order chi connectivity index (χ0) is 16.2. The van der Waals surface area contributed by atoms with E-state index in [1.54, 1.807) is 7.11 Å². The van der Waals surface area contributed by atoms with Crippen molar-refractivity contribution in [3.05, 3.63) is 29.3 Å². The summed E-state index contributed by atoms with van der Waals surface area (Å²) in [6.07, 6.45) is 0.638. The van der Waals surface area contributed by atoms with Crippen molar-refractivity contribution in [2.75, 3.05) is 40.0 Å². The third-order valence-corrected chi connectivity index (χ3v) is 4.68. The van der Waals surface area contributed by atoms with E-state index in [1.807, 2.05) is 12.1 Å². The molecule has 0 saturated carbocycles. The molecule has 2 aliphatic rings. The first kappa shape index (κ1) is 16.2. The Hall–Kier alpha value is -1.63. The lowest BCUT2D eigenvalue weighted by atomic mass is 9.98. The summed E-state index contributed by atoms with van der Waals surface area (Å²) in [5.41, 5.74) is 2.28. The van der Waals surface area contributed by atoms with E-state index >= 15 is 0 Å². The van der Waals surface area contributed by atoms with Crippen LogP contribution in [-0.2, 0) is 16.1 Å². The second kappa shape index (κ2) is 7.29. The molecular formula is C17H24N2O4. The van der Waals surface area contributed by atoms with Crippen LogP contribution in [0.1, 0.15) is 23.6 Å². The highest BCUT2D eigenvalue weighted by atomic mass is 16.5. The lowest BCUT2D eigenvalue weighted by molar-refractivity contribution is -0.141. The van der Waals surface area contributed by atoms with Gasteiger partial charge in [0.15, 0.2) is 0 Å². The maximum atomic E-state index is 11.1. The van der Waals surface area contributed by atoms with Crippen LogP contribution in [0.4, 0.5) is 0 Å². The average molecular weight is 320 g/mol. The SMILES string of the molecule is COc1ccc(C2CC(C(=O)O)CN2)cc1CN1CCOCC1. The van der Waals surface area contributed by atoms with Gasteiger partial charge in [0.2, 0.25) is 0 Å². The zero-order valence-corrected chi connectivity index (χ0v) is 13.5. The summed E-state index contributed by atoms with van der Waals surface area (Å²) in [7, 11) is 1.69. The van der Waals surface area contributed by atoms with Gasteiger partial charge in [-0.1, -0.05) is 6.07 Å². The second-order valence-corrected chi connectivity index (χ2v) is 6.19. The number of nitrogens with one attached hydrogen (secondary N) is 1. The van der Waals surface area contributed by atoms with Gasteiger partial charge in [0.1, 0.15) is 5.75 Å². The first-order valence-corrected chi connectivity index (χ1v) is 8.10. The number of morpholine rings is 1. The van der Waals surface area contributed by atoms with Gasteiger partial charge in [-0.15, -0.1) is 0 Å². The van der Waals surface area contributed by atoms with E-state index in [2.05, 4.69) is 16.3 Å². The monoisotopic (exact) mass is 320 g/mol. The van der Waals surface area contributed by atoms with Gasteiger partial charge in [-0.3, -0.25) is 9.69 Å². The van der Waals surface area contributed by atoms with E-state index in [4.69, 9.17) is 14.6 Å². The largest absolute Gasteiger partial charge is 0.496 e. The molecule has 6 heteroatoms. The number of methoxy groups -OCH3 is 1. The minimum Gasteiger partial charge on any atom is -0.496 e. The number of benzene rings is 1. The third-order valence-electron chi connectivity index (χ3n) is 4.68. The van der Waals surface area contributed by atoms with Crippen LogP contribution in [0.15, 0.2) is 18.2 Å². The quantitative estimate of drug-likeness (QED) is 0.851. The smallest absolute Gasteiger partial charge is 0.307 e. The predicted molar refractivity (Wildman–Crippen MR) is 85.6 cm³/mol. The fourth-order valence-electron chi connectivity index (χ4n) is 3.32. The third kappa shape index (κ3) is 3.83. The van der Waals surface area contributed by atoms with Crippen LogP contribution in [0.5, 0.6) is 5.75 Å². The number of carboxylic acids is 1. The summed E-state index contributed by atoms with van der Waals surface area (Å²) in [4.78, 5) is 13.5. The maximum Gasteiger partial charge on any atom is 0.307 e. The number of rotatable bonds is 5. The van der Waals surface area contributed by atoms with Gasteiger partial charge in [0.05, 0.1) is 26.2 Å². The van der Waals surface area contributed by atoms with Crippen molar-refractivity contribution in [2.24, 2.45) is 5.92 Å². The van der Waals surface area contributed by atoms with Gasteiger partial charge in [0.25, 0.3) is 0 Å². The average Bonchev–Trinajstić information content (AvgIpc) is 3.06. The molecule has 23 heavy (non-hydrogen) atoms. The van der Waals surface area contributed by atoms with Crippen LogP contribution in [0.25, 0.3) is 0 Å². The van der Waals surface area contributed by atoms with Gasteiger partial charge in [0, 0.05) is 37.8 Å². The number of hydrogen-bond acceptors (Lipinski definition) is 5. The van der Waals surface area contributed by atoms with Crippen LogP contribution in [0.3, 0.4) is 0 Å². The van der Waals surface area contributed by atoms with Crippen molar-refractivity contribution in [1.82, 2.24) is 10.2 Å². The summed E-state index contributed by atoms with van der Waals surface area (Å²) in [5, 5.41) is 12.5. The van der Waals surface area contributed by atoms with E-state index in [0.29, 0.717) is 13.0 Å². The molecule has 6 nitrogen and oxygen atoms in total. The minimum atomic E-state index is -0.720. The number of hydrogen-bond donors (Lipinski definition) is 2. The van der Waals surface area contributed by atoms with E-state index in [-0.39, 0.29) is 12.0 Å². The molecular weight excluding hydrogens is 296 g/mol. The Morgan fingerprint density at radius 1 is 1.43 bits per heavy atom. The number of carbonyl (C=O) groups is 1. The number of aliphatic carboxylic acids is 1. The topological polar surface area (TPSA) is 71.0 Å². The summed E-state index contributed by atoms with van der Waals surface area (Å²) in [6.45, 7) is 4.76. The van der Waals surface area contributed by atoms with Crippen molar-refractivity contribution < 1.29 is 19.4 Å². The fraction of sp³-hybridized carbons (Fsp3) is 0.588. The molecule has 0 amide bonds. The highest BCUT2D eigenvalue weighted by Crippen LogP contribution is 2.31. The van der Waals surface area contributed by atoms with Crippen molar-refractivity contribution in [3.8, 4) is 5.75 Å².